The van der Waals surface area contributed by atoms with E-state index in [4.69, 9.17) is 15.2 Å². The van der Waals surface area contributed by atoms with Gasteiger partial charge in [0.05, 0.1) is 11.6 Å². The van der Waals surface area contributed by atoms with Gasteiger partial charge >= 0.3 is 12.1 Å². The number of alkyl halides is 3. The van der Waals surface area contributed by atoms with Crippen LogP contribution in [0.5, 0.6) is 0 Å². The molecule has 3 N–H and O–H groups in total. The van der Waals surface area contributed by atoms with Crippen LogP contribution in [0.3, 0.4) is 0 Å². The first-order valence-corrected chi connectivity index (χ1v) is 10.9. The lowest BCUT2D eigenvalue weighted by Gasteiger charge is -2.35. The van der Waals surface area contributed by atoms with Crippen LogP contribution >= 0.6 is 0 Å². The van der Waals surface area contributed by atoms with E-state index in [1.165, 1.54) is 25.9 Å². The average Bonchev–Trinajstić information content (AvgIpc) is 2.82. The van der Waals surface area contributed by atoms with Gasteiger partial charge < -0.3 is 15.7 Å². The van der Waals surface area contributed by atoms with Crippen molar-refractivity contribution in [2.45, 2.75) is 45.5 Å². The zero-order chi connectivity index (χ0) is 25.1. The molecule has 1 saturated heterocycles. The normalized spacial score (nSPS) is 17.0. The number of piperidine rings is 1. The van der Waals surface area contributed by atoms with Crippen LogP contribution in [0, 0.1) is 17.2 Å². The highest BCUT2D eigenvalue weighted by Gasteiger charge is 2.38. The number of aliphatic carboxylic acids is 1. The number of aromatic nitrogens is 2. The second-order valence-electron chi connectivity index (χ2n) is 8.19. The van der Waals surface area contributed by atoms with E-state index in [-0.39, 0.29) is 0 Å². The molecule has 3 rings (SSSR count). The maximum atomic E-state index is 10.6. The molecule has 0 amide bonds. The van der Waals surface area contributed by atoms with Crippen LogP contribution in [-0.2, 0) is 11.3 Å². The molecule has 0 aliphatic carbocycles. The number of anilines is 2. The Bertz CT molecular complexity index is 962. The minimum Gasteiger partial charge on any atom is -0.475 e. The van der Waals surface area contributed by atoms with Crippen LogP contribution in [-0.4, -0.2) is 57.8 Å². The minimum atomic E-state index is -5.08. The third-order valence-electron chi connectivity index (χ3n) is 5.36. The van der Waals surface area contributed by atoms with Gasteiger partial charge in [0.1, 0.15) is 0 Å². The van der Waals surface area contributed by atoms with Crippen molar-refractivity contribution < 1.29 is 23.1 Å². The first-order chi connectivity index (χ1) is 16.1. The van der Waals surface area contributed by atoms with E-state index in [1.807, 2.05) is 24.3 Å². The van der Waals surface area contributed by atoms with Crippen molar-refractivity contribution in [2.24, 2.45) is 5.92 Å². The summed E-state index contributed by atoms with van der Waals surface area (Å²) >= 11 is 0. The molecule has 34 heavy (non-hydrogen) atoms. The fourth-order valence-corrected chi connectivity index (χ4v) is 3.48. The Balaban J connectivity index is 0.000000509. The van der Waals surface area contributed by atoms with Gasteiger partial charge in [0.15, 0.2) is 11.6 Å². The predicted molar refractivity (Wildman–Crippen MR) is 122 cm³/mol. The third kappa shape index (κ3) is 8.86. The number of nitrogens with zero attached hydrogens (tertiary/aromatic N) is 4. The predicted octanol–water partition coefficient (Wildman–Crippen LogP) is 4.13. The number of hydrogen-bond donors (Lipinski definition) is 3. The molecule has 0 radical (unpaired) electrons. The van der Waals surface area contributed by atoms with Crippen molar-refractivity contribution in [3.63, 3.8) is 0 Å². The number of carboxylic acids is 1. The maximum absolute atomic E-state index is 10.6. The van der Waals surface area contributed by atoms with Crippen molar-refractivity contribution in [1.82, 2.24) is 14.9 Å². The van der Waals surface area contributed by atoms with Crippen molar-refractivity contribution in [3.05, 3.63) is 47.8 Å². The molecule has 2 atom stereocenters. The summed E-state index contributed by atoms with van der Waals surface area (Å²) in [5, 5.41) is 22.8. The van der Waals surface area contributed by atoms with Crippen LogP contribution in [0.25, 0.3) is 0 Å². The maximum Gasteiger partial charge on any atom is 0.490 e. The summed E-state index contributed by atoms with van der Waals surface area (Å²) in [5.41, 5.74) is 1.77. The lowest BCUT2D eigenvalue weighted by molar-refractivity contribution is -0.192. The molecule has 2 aromatic rings. The average molecular weight is 479 g/mol. The summed E-state index contributed by atoms with van der Waals surface area (Å²) in [4.78, 5) is 20.3. The minimum absolute atomic E-state index is 0.459. The molecule has 8 nitrogen and oxygen atoms in total. The smallest absolute Gasteiger partial charge is 0.475 e. The van der Waals surface area contributed by atoms with E-state index in [0.29, 0.717) is 18.2 Å². The van der Waals surface area contributed by atoms with Crippen LogP contribution in [0.2, 0.25) is 0 Å². The molecular formula is C23H29F3N6O2. The van der Waals surface area contributed by atoms with Gasteiger partial charge in [-0.05, 0) is 49.9 Å². The SMILES string of the molecule is CC1CCCN(C(C)CNc2nccnc2NCc2ccc(C#N)cc2)C1.O=C(O)C(F)(F)F. The summed E-state index contributed by atoms with van der Waals surface area (Å²) in [7, 11) is 0. The van der Waals surface area contributed by atoms with Crippen LogP contribution in [0.4, 0.5) is 24.8 Å². The molecule has 1 aromatic carbocycles. The number of rotatable bonds is 7. The number of likely N-dealkylation sites (tertiary alicyclic amines) is 1. The fourth-order valence-electron chi connectivity index (χ4n) is 3.48. The topological polar surface area (TPSA) is 114 Å². The number of carboxylic acid groups (broad SMARTS) is 1. The van der Waals surface area contributed by atoms with Crippen molar-refractivity contribution in [3.8, 4) is 6.07 Å². The number of carbonyl (C=O) groups is 1. The monoisotopic (exact) mass is 478 g/mol. The first-order valence-electron chi connectivity index (χ1n) is 10.9. The van der Waals surface area contributed by atoms with Gasteiger partial charge in [-0.1, -0.05) is 19.1 Å². The Morgan fingerprint density at radius 1 is 1.24 bits per heavy atom. The molecule has 0 spiro atoms. The number of hydrogen-bond acceptors (Lipinski definition) is 7. The van der Waals surface area contributed by atoms with Gasteiger partial charge in [-0.15, -0.1) is 0 Å². The van der Waals surface area contributed by atoms with E-state index in [9.17, 15) is 13.2 Å². The van der Waals surface area contributed by atoms with E-state index < -0.39 is 12.1 Å². The third-order valence-corrected chi connectivity index (χ3v) is 5.36. The standard InChI is InChI=1S/C21H28N6.C2HF3O2/c1-16-4-3-11-27(15-16)17(2)13-25-20-21(24-10-9-23-20)26-14-19-7-5-18(12-22)6-8-19;3-2(4,5)1(6)7/h5-10,16-17H,3-4,11,13-15H2,1-2H3,(H,23,25)(H,24,26);(H,6,7). The Labute approximate surface area is 196 Å². The Hall–Kier alpha value is -3.39. The second-order valence-corrected chi connectivity index (χ2v) is 8.19. The highest BCUT2D eigenvalue weighted by atomic mass is 19.4. The Kier molecular flexibility index (Phi) is 10.1. The molecule has 1 fully saturated rings. The van der Waals surface area contributed by atoms with E-state index >= 15 is 0 Å². The highest BCUT2D eigenvalue weighted by molar-refractivity contribution is 5.73. The first kappa shape index (κ1) is 26.9. The van der Waals surface area contributed by atoms with Crippen molar-refractivity contribution in [1.29, 1.82) is 5.26 Å². The van der Waals surface area contributed by atoms with Gasteiger partial charge in [-0.25, -0.2) is 14.8 Å². The summed E-state index contributed by atoms with van der Waals surface area (Å²) in [6.07, 6.45) is 0.948. The number of nitrogens with one attached hydrogen (secondary N) is 2. The summed E-state index contributed by atoms with van der Waals surface area (Å²) < 4.78 is 31.7. The van der Waals surface area contributed by atoms with Crippen LogP contribution < -0.4 is 10.6 Å². The van der Waals surface area contributed by atoms with Crippen molar-refractivity contribution in [2.75, 3.05) is 30.3 Å². The molecular weight excluding hydrogens is 449 g/mol. The van der Waals surface area contributed by atoms with E-state index in [2.05, 4.69) is 45.4 Å². The van der Waals surface area contributed by atoms with Gasteiger partial charge in [0, 0.05) is 38.1 Å². The molecule has 1 aromatic heterocycles. The molecule has 0 bridgehead atoms. The van der Waals surface area contributed by atoms with Crippen LogP contribution in [0.15, 0.2) is 36.7 Å². The lowest BCUT2D eigenvalue weighted by Crippen LogP contribution is -2.43. The lowest BCUT2D eigenvalue weighted by atomic mass is 9.99. The number of benzene rings is 1. The quantitative estimate of drug-likeness (QED) is 0.544. The molecule has 0 saturated carbocycles. The molecule has 184 valence electrons. The van der Waals surface area contributed by atoms with Crippen LogP contribution in [0.1, 0.15) is 37.8 Å². The molecule has 1 aliphatic heterocycles. The van der Waals surface area contributed by atoms with Gasteiger partial charge in [0.2, 0.25) is 0 Å². The zero-order valence-corrected chi connectivity index (χ0v) is 19.1. The number of nitriles is 1. The summed E-state index contributed by atoms with van der Waals surface area (Å²) in [5.74, 6) is -0.445. The van der Waals surface area contributed by atoms with Gasteiger partial charge in [-0.2, -0.15) is 18.4 Å². The van der Waals surface area contributed by atoms with Crippen molar-refractivity contribution >= 4 is 17.6 Å². The Morgan fingerprint density at radius 2 is 1.82 bits per heavy atom. The van der Waals surface area contributed by atoms with E-state index in [1.54, 1.807) is 12.4 Å². The number of halogens is 3. The summed E-state index contributed by atoms with van der Waals surface area (Å²) in [6, 6.07) is 10.2. The fraction of sp³-hybridized carbons (Fsp3) is 0.478. The summed E-state index contributed by atoms with van der Waals surface area (Å²) in [6.45, 7) is 8.44. The molecule has 11 heteroatoms. The highest BCUT2D eigenvalue weighted by Crippen LogP contribution is 2.20. The zero-order valence-electron chi connectivity index (χ0n) is 19.1. The molecule has 1 aliphatic rings. The van der Waals surface area contributed by atoms with Gasteiger partial charge in [0.25, 0.3) is 0 Å². The molecule has 2 heterocycles. The largest absolute Gasteiger partial charge is 0.490 e. The Morgan fingerprint density at radius 3 is 2.35 bits per heavy atom. The molecule has 2 unspecified atom stereocenters. The van der Waals surface area contributed by atoms with E-state index in [0.717, 1.165) is 29.7 Å². The van der Waals surface area contributed by atoms with Gasteiger partial charge in [-0.3, -0.25) is 4.90 Å². The second kappa shape index (κ2) is 12.7.